The monoisotopic (exact) mass is 580 g/mol. The summed E-state index contributed by atoms with van der Waals surface area (Å²) in [6.45, 7) is 9.89. The highest BCUT2D eigenvalue weighted by Crippen LogP contribution is 2.45. The molecule has 1 amide bonds. The molecule has 5 heterocycles. The van der Waals surface area contributed by atoms with Crippen LogP contribution in [0.15, 0.2) is 65.5 Å². The van der Waals surface area contributed by atoms with Crippen molar-refractivity contribution in [2.45, 2.75) is 38.1 Å². The normalized spacial score (nSPS) is 19.9. The molecule has 7 rings (SSSR count). The summed E-state index contributed by atoms with van der Waals surface area (Å²) < 4.78 is 23.3. The zero-order chi connectivity index (χ0) is 30.2. The van der Waals surface area contributed by atoms with Crippen LogP contribution in [0.3, 0.4) is 0 Å². The third-order valence-electron chi connectivity index (χ3n) is 8.46. The Hall–Kier alpha value is -4.93. The van der Waals surface area contributed by atoms with Gasteiger partial charge in [-0.1, -0.05) is 6.58 Å². The van der Waals surface area contributed by atoms with Gasteiger partial charge in [0.15, 0.2) is 11.5 Å². The molecule has 0 radical (unpaired) electrons. The van der Waals surface area contributed by atoms with Crippen molar-refractivity contribution < 1.29 is 13.9 Å². The molecule has 11 heteroatoms. The fourth-order valence-corrected chi connectivity index (χ4v) is 6.24. The number of halogens is 1. The molecule has 1 saturated carbocycles. The summed E-state index contributed by atoms with van der Waals surface area (Å²) in [6, 6.07) is 8.78. The number of hydrogen-bond acceptors (Lipinski definition) is 7. The summed E-state index contributed by atoms with van der Waals surface area (Å²) in [5.74, 6) is 1.14. The molecule has 1 aromatic carbocycles. The zero-order valence-electron chi connectivity index (χ0n) is 24.4. The summed E-state index contributed by atoms with van der Waals surface area (Å²) in [7, 11) is 3.48. The summed E-state index contributed by atoms with van der Waals surface area (Å²) in [6.07, 6.45) is 7.51. The molecule has 3 atom stereocenters. The van der Waals surface area contributed by atoms with Gasteiger partial charge >= 0.3 is 0 Å². The standard InChI is InChI=1S/C32H33FN8O2/c1-6-29(42)41-16-19-7-8-20(41)12-22(19)24-9-10-25(34-3)30(38-24)31(35-4)39-26-11-18(2)28(14-23(26)33)43-21-13-27-32(36-15-21)40(5)17-37-27/h6,9-11,13-15,17,19-20,22H,1,3,7-8,12,16H2,2,4-5H3,(H,35,39)/t19-,20-,22-/m1/s1. The number of amides is 1. The second kappa shape index (κ2) is 11.4. The van der Waals surface area contributed by atoms with E-state index in [1.54, 1.807) is 31.7 Å². The van der Waals surface area contributed by atoms with E-state index in [0.717, 1.165) is 30.6 Å². The van der Waals surface area contributed by atoms with Crippen LogP contribution in [-0.4, -0.2) is 62.5 Å². The Morgan fingerprint density at radius 3 is 2.79 bits per heavy atom. The fourth-order valence-electron chi connectivity index (χ4n) is 6.24. The van der Waals surface area contributed by atoms with Gasteiger partial charge in [0.05, 0.1) is 23.9 Å². The Morgan fingerprint density at radius 1 is 1.23 bits per heavy atom. The van der Waals surface area contributed by atoms with Crippen molar-refractivity contribution in [3.63, 3.8) is 0 Å². The predicted octanol–water partition coefficient (Wildman–Crippen LogP) is 5.70. The Labute approximate surface area is 249 Å². The van der Waals surface area contributed by atoms with Gasteiger partial charge in [0.1, 0.15) is 28.5 Å². The molecule has 0 unspecified atom stereocenters. The number of carbonyl (C=O) groups is 1. The van der Waals surface area contributed by atoms with E-state index in [9.17, 15) is 4.79 Å². The number of anilines is 1. The van der Waals surface area contributed by atoms with Crippen molar-refractivity contribution in [3.8, 4) is 11.5 Å². The Morgan fingerprint density at radius 2 is 2.07 bits per heavy atom. The van der Waals surface area contributed by atoms with Crippen LogP contribution < -0.4 is 10.1 Å². The molecule has 3 fully saturated rings. The van der Waals surface area contributed by atoms with Crippen LogP contribution in [-0.2, 0) is 11.8 Å². The Balaban J connectivity index is 1.24. The van der Waals surface area contributed by atoms with E-state index in [0.29, 0.717) is 52.3 Å². The zero-order valence-corrected chi connectivity index (χ0v) is 24.4. The van der Waals surface area contributed by atoms with E-state index in [1.165, 1.54) is 12.1 Å². The molecule has 2 aliphatic heterocycles. The molecule has 10 nitrogen and oxygen atoms in total. The summed E-state index contributed by atoms with van der Waals surface area (Å²) in [4.78, 5) is 36.5. The number of imidazole rings is 1. The second-order valence-corrected chi connectivity index (χ2v) is 11.1. The lowest BCUT2D eigenvalue weighted by Crippen LogP contribution is -2.53. The van der Waals surface area contributed by atoms with Crippen LogP contribution in [0.25, 0.3) is 11.2 Å². The topological polar surface area (TPSA) is 110 Å². The van der Waals surface area contributed by atoms with Crippen LogP contribution in [0.2, 0.25) is 0 Å². The highest BCUT2D eigenvalue weighted by Gasteiger charge is 2.43. The summed E-state index contributed by atoms with van der Waals surface area (Å²) in [5, 5.41) is 3.12. The number of rotatable bonds is 7. The molecule has 1 N–H and O–H groups in total. The van der Waals surface area contributed by atoms with Crippen molar-refractivity contribution in [1.82, 2.24) is 24.4 Å². The summed E-state index contributed by atoms with van der Waals surface area (Å²) in [5.41, 5.74) is 4.28. The van der Waals surface area contributed by atoms with Crippen molar-refractivity contribution in [2.24, 2.45) is 23.0 Å². The summed E-state index contributed by atoms with van der Waals surface area (Å²) >= 11 is 0. The molecule has 2 bridgehead atoms. The average molecular weight is 581 g/mol. The van der Waals surface area contributed by atoms with Gasteiger partial charge in [0.2, 0.25) is 5.91 Å². The smallest absolute Gasteiger partial charge is 0.246 e. The van der Waals surface area contributed by atoms with E-state index in [2.05, 4.69) is 38.6 Å². The van der Waals surface area contributed by atoms with Gasteiger partial charge in [-0.05, 0) is 68.7 Å². The van der Waals surface area contributed by atoms with Gasteiger partial charge < -0.3 is 19.5 Å². The number of piperidine rings is 2. The average Bonchev–Trinajstić information content (AvgIpc) is 3.40. The Kier molecular flexibility index (Phi) is 7.47. The lowest BCUT2D eigenvalue weighted by molar-refractivity contribution is -0.134. The predicted molar refractivity (Wildman–Crippen MR) is 165 cm³/mol. The molecule has 1 aliphatic carbocycles. The molecule has 3 aliphatic rings. The number of aryl methyl sites for hydroxylation is 2. The lowest BCUT2D eigenvalue weighted by Gasteiger charge is -2.49. The number of fused-ring (bicyclic) bond motifs is 4. The molecule has 3 aromatic heterocycles. The maximum atomic E-state index is 15.5. The van der Waals surface area contributed by atoms with Crippen LogP contribution in [0.5, 0.6) is 11.5 Å². The molecular formula is C32H33FN8O2. The van der Waals surface area contributed by atoms with E-state index in [-0.39, 0.29) is 23.6 Å². The van der Waals surface area contributed by atoms with E-state index in [4.69, 9.17) is 9.72 Å². The van der Waals surface area contributed by atoms with Gasteiger partial charge in [-0.25, -0.2) is 19.3 Å². The largest absolute Gasteiger partial charge is 0.455 e. The number of nitrogens with zero attached hydrogens (tertiary/aromatic N) is 7. The second-order valence-electron chi connectivity index (χ2n) is 11.1. The van der Waals surface area contributed by atoms with Crippen LogP contribution >= 0.6 is 0 Å². The van der Waals surface area contributed by atoms with E-state index < -0.39 is 5.82 Å². The molecular weight excluding hydrogens is 547 g/mol. The fraction of sp³-hybridized carbons (Fsp3) is 0.312. The minimum absolute atomic E-state index is 0.0164. The molecule has 220 valence electrons. The third kappa shape index (κ3) is 5.26. The van der Waals surface area contributed by atoms with Crippen molar-refractivity contribution in [3.05, 3.63) is 78.3 Å². The highest BCUT2D eigenvalue weighted by molar-refractivity contribution is 6.10. The van der Waals surface area contributed by atoms with Gasteiger partial charge in [0, 0.05) is 50.4 Å². The third-order valence-corrected chi connectivity index (χ3v) is 8.46. The first kappa shape index (κ1) is 28.2. The van der Waals surface area contributed by atoms with Gasteiger partial charge in [0.25, 0.3) is 0 Å². The number of carbonyl (C=O) groups excluding carboxylic acids is 1. The molecule has 43 heavy (non-hydrogen) atoms. The van der Waals surface area contributed by atoms with Gasteiger partial charge in [-0.2, -0.15) is 0 Å². The minimum Gasteiger partial charge on any atom is -0.455 e. The first-order chi connectivity index (χ1) is 20.8. The van der Waals surface area contributed by atoms with Crippen LogP contribution in [0.1, 0.15) is 42.1 Å². The van der Waals surface area contributed by atoms with Gasteiger partial charge in [-0.3, -0.25) is 14.8 Å². The minimum atomic E-state index is -0.519. The SMILES string of the molecule is C=CC(=O)N1C[C@H]2CC[C@@H]1C[C@H]2c1ccc(N=C)c(/C(=N\C)Nc2cc(C)c(Oc3cnc4c(c3)ncn4C)cc2F)n1. The maximum absolute atomic E-state index is 15.5. The van der Waals surface area contributed by atoms with Crippen molar-refractivity contribution in [2.75, 3.05) is 18.9 Å². The van der Waals surface area contributed by atoms with Crippen molar-refractivity contribution in [1.29, 1.82) is 0 Å². The Bertz CT molecular complexity index is 1780. The number of benzene rings is 1. The molecule has 2 saturated heterocycles. The van der Waals surface area contributed by atoms with Crippen LogP contribution in [0, 0.1) is 18.7 Å². The number of ether oxygens (including phenoxy) is 1. The maximum Gasteiger partial charge on any atom is 0.246 e. The quantitative estimate of drug-likeness (QED) is 0.171. The van der Waals surface area contributed by atoms with E-state index in [1.807, 2.05) is 35.6 Å². The first-order valence-electron chi connectivity index (χ1n) is 14.2. The number of pyridine rings is 2. The van der Waals surface area contributed by atoms with E-state index >= 15 is 4.39 Å². The van der Waals surface area contributed by atoms with Crippen molar-refractivity contribution >= 4 is 41.0 Å². The number of aliphatic imine (C=N–C) groups is 2. The number of aromatic nitrogens is 4. The number of amidine groups is 1. The molecule has 4 aromatic rings. The van der Waals surface area contributed by atoms with Crippen LogP contribution in [0.4, 0.5) is 15.8 Å². The van der Waals surface area contributed by atoms with Gasteiger partial charge in [-0.15, -0.1) is 0 Å². The first-order valence-corrected chi connectivity index (χ1v) is 14.2. The highest BCUT2D eigenvalue weighted by atomic mass is 19.1. The molecule has 0 spiro atoms. The lowest BCUT2D eigenvalue weighted by atomic mass is 9.70. The number of nitrogens with one attached hydrogen (secondary N) is 1. The number of hydrogen-bond donors (Lipinski definition) is 1.